The first kappa shape index (κ1) is 14.0. The maximum Gasteiger partial charge on any atom is 0.237 e. The van der Waals surface area contributed by atoms with E-state index >= 15 is 0 Å². The van der Waals surface area contributed by atoms with Gasteiger partial charge in [-0.05, 0) is 36.5 Å². The molecule has 3 aromatic heterocycles. The third-order valence-electron chi connectivity index (χ3n) is 4.93. The maximum absolute atomic E-state index is 7.28. The van der Waals surface area contributed by atoms with Crippen molar-refractivity contribution in [1.82, 2.24) is 19.7 Å². The average Bonchev–Trinajstić information content (AvgIpc) is 3.32. The molecule has 5 heteroatoms. The molecule has 116 valence electrons. The molecule has 1 N–H and O–H groups in total. The van der Waals surface area contributed by atoms with Crippen molar-refractivity contribution in [3.05, 3.63) is 48.3 Å². The summed E-state index contributed by atoms with van der Waals surface area (Å²) in [6.45, 7) is 7.79. The van der Waals surface area contributed by atoms with Crippen molar-refractivity contribution in [3.8, 4) is 11.1 Å². The Balaban J connectivity index is 1.70. The molecular formula is C18H19N5. The van der Waals surface area contributed by atoms with Crippen LogP contribution >= 0.6 is 0 Å². The number of aromatic nitrogens is 4. The number of pyridine rings is 1. The molecule has 1 aliphatic rings. The number of H-pyrrole nitrogens is 1. The van der Waals surface area contributed by atoms with Crippen LogP contribution in [0.3, 0.4) is 0 Å². The van der Waals surface area contributed by atoms with Crippen molar-refractivity contribution in [1.29, 1.82) is 0 Å². The molecule has 0 amide bonds. The number of nitrogens with one attached hydrogen (secondary N) is 1. The first-order chi connectivity index (χ1) is 11.4. The van der Waals surface area contributed by atoms with Crippen LogP contribution in [0.5, 0.6) is 0 Å². The molecule has 0 bridgehead atoms. The minimum atomic E-state index is 0.201. The summed E-state index contributed by atoms with van der Waals surface area (Å²) in [5.74, 6) is 0.585. The van der Waals surface area contributed by atoms with Gasteiger partial charge in [-0.15, -0.1) is 0 Å². The Morgan fingerprint density at radius 2 is 2.22 bits per heavy atom. The van der Waals surface area contributed by atoms with Crippen molar-refractivity contribution < 1.29 is 0 Å². The summed E-state index contributed by atoms with van der Waals surface area (Å²) in [4.78, 5) is 11.1. The minimum Gasteiger partial charge on any atom is -0.346 e. The molecule has 3 aromatic rings. The molecule has 1 fully saturated rings. The summed E-state index contributed by atoms with van der Waals surface area (Å²) < 4.78 is 2.02. The van der Waals surface area contributed by atoms with Gasteiger partial charge < -0.3 is 9.83 Å². The lowest BCUT2D eigenvalue weighted by atomic mass is 9.98. The van der Waals surface area contributed by atoms with E-state index in [-0.39, 0.29) is 6.04 Å². The van der Waals surface area contributed by atoms with Gasteiger partial charge in [0.25, 0.3) is 0 Å². The Labute approximate surface area is 135 Å². The van der Waals surface area contributed by atoms with Gasteiger partial charge in [-0.25, -0.2) is 11.6 Å². The molecule has 0 radical (unpaired) electrons. The fraction of sp³-hybridized carbons (Fsp3) is 0.389. The summed E-state index contributed by atoms with van der Waals surface area (Å²) in [6.07, 6.45) is 12.7. The van der Waals surface area contributed by atoms with Crippen LogP contribution in [0.25, 0.3) is 27.0 Å². The Kier molecular flexibility index (Phi) is 3.58. The van der Waals surface area contributed by atoms with Gasteiger partial charge in [0.15, 0.2) is 0 Å². The molecular weight excluding hydrogens is 286 g/mol. The van der Waals surface area contributed by atoms with E-state index in [9.17, 15) is 0 Å². The number of rotatable bonds is 4. The van der Waals surface area contributed by atoms with Gasteiger partial charge in [-0.2, -0.15) is 5.10 Å². The second-order valence-electron chi connectivity index (χ2n) is 6.26. The molecule has 4 rings (SSSR count). The molecule has 0 aliphatic heterocycles. The Hall–Kier alpha value is -2.61. The number of hydrogen-bond donors (Lipinski definition) is 1. The van der Waals surface area contributed by atoms with Crippen molar-refractivity contribution in [2.45, 2.75) is 31.7 Å². The fourth-order valence-electron chi connectivity index (χ4n) is 3.76. The largest absolute Gasteiger partial charge is 0.346 e. The van der Waals surface area contributed by atoms with E-state index < -0.39 is 0 Å². The molecule has 0 aromatic carbocycles. The van der Waals surface area contributed by atoms with Crippen molar-refractivity contribution >= 4 is 11.0 Å². The van der Waals surface area contributed by atoms with E-state index in [0.29, 0.717) is 12.5 Å². The highest BCUT2D eigenvalue weighted by Crippen LogP contribution is 2.35. The molecule has 1 atom stereocenters. The molecule has 3 heterocycles. The SMILES string of the molecule is [C-]#[N+]C[C@H](C1CCCC1)n1cc(-c2ccnc3[nH]ccc23)cn1. The lowest BCUT2D eigenvalue weighted by molar-refractivity contribution is 0.329. The van der Waals surface area contributed by atoms with Crippen LogP contribution in [-0.2, 0) is 0 Å². The summed E-state index contributed by atoms with van der Waals surface area (Å²) in [7, 11) is 0. The standard InChI is InChI=1S/C18H19N5/c1-19-11-17(13-4-2-3-5-13)23-12-14(10-22-23)15-6-8-20-18-16(15)7-9-21-18/h6-10,12-13,17H,2-5,11H2,(H,20,21)/t17-/m1/s1. The summed E-state index contributed by atoms with van der Waals surface area (Å²) in [6, 6.07) is 4.27. The van der Waals surface area contributed by atoms with Crippen molar-refractivity contribution in [2.75, 3.05) is 6.54 Å². The van der Waals surface area contributed by atoms with Crippen LogP contribution in [-0.4, -0.2) is 26.3 Å². The normalized spacial score (nSPS) is 16.7. The predicted octanol–water partition coefficient (Wildman–Crippen LogP) is 4.08. The van der Waals surface area contributed by atoms with Crippen LogP contribution in [0, 0.1) is 12.5 Å². The molecule has 0 unspecified atom stereocenters. The molecule has 0 spiro atoms. The molecule has 1 aliphatic carbocycles. The second-order valence-corrected chi connectivity index (χ2v) is 6.26. The lowest BCUT2D eigenvalue weighted by Gasteiger charge is -2.18. The molecule has 0 saturated heterocycles. The molecule has 1 saturated carbocycles. The summed E-state index contributed by atoms with van der Waals surface area (Å²) >= 11 is 0. The lowest BCUT2D eigenvalue weighted by Crippen LogP contribution is -2.20. The van der Waals surface area contributed by atoms with E-state index in [1.54, 1.807) is 0 Å². The molecule has 23 heavy (non-hydrogen) atoms. The highest BCUT2D eigenvalue weighted by atomic mass is 15.3. The third kappa shape index (κ3) is 2.50. The maximum atomic E-state index is 7.28. The first-order valence-corrected chi connectivity index (χ1v) is 8.16. The number of nitrogens with zero attached hydrogens (tertiary/aromatic N) is 4. The Morgan fingerprint density at radius 1 is 1.35 bits per heavy atom. The van der Waals surface area contributed by atoms with Gasteiger partial charge in [0.2, 0.25) is 6.54 Å². The average molecular weight is 305 g/mol. The van der Waals surface area contributed by atoms with Crippen molar-refractivity contribution in [2.24, 2.45) is 5.92 Å². The number of aromatic amines is 1. The van der Waals surface area contributed by atoms with Crippen LogP contribution in [0.1, 0.15) is 31.7 Å². The van der Waals surface area contributed by atoms with Crippen LogP contribution in [0.4, 0.5) is 0 Å². The van der Waals surface area contributed by atoms with Gasteiger partial charge in [0.05, 0.1) is 6.20 Å². The van der Waals surface area contributed by atoms with Gasteiger partial charge in [0.1, 0.15) is 11.7 Å². The predicted molar refractivity (Wildman–Crippen MR) is 89.8 cm³/mol. The zero-order chi connectivity index (χ0) is 15.6. The highest BCUT2D eigenvalue weighted by Gasteiger charge is 2.29. The van der Waals surface area contributed by atoms with Gasteiger partial charge in [-0.3, -0.25) is 4.68 Å². The van der Waals surface area contributed by atoms with Gasteiger partial charge >= 0.3 is 0 Å². The van der Waals surface area contributed by atoms with Crippen molar-refractivity contribution in [3.63, 3.8) is 0 Å². The topological polar surface area (TPSA) is 50.9 Å². The van der Waals surface area contributed by atoms with Gasteiger partial charge in [-0.1, -0.05) is 12.8 Å². The minimum absolute atomic E-state index is 0.201. The Bertz CT molecular complexity index is 848. The van der Waals surface area contributed by atoms with Crippen LogP contribution in [0.2, 0.25) is 0 Å². The number of fused-ring (bicyclic) bond motifs is 1. The van der Waals surface area contributed by atoms with E-state index in [0.717, 1.165) is 22.2 Å². The number of hydrogen-bond acceptors (Lipinski definition) is 2. The summed E-state index contributed by atoms with van der Waals surface area (Å²) in [5, 5.41) is 5.70. The summed E-state index contributed by atoms with van der Waals surface area (Å²) in [5.41, 5.74) is 3.12. The Morgan fingerprint density at radius 3 is 3.04 bits per heavy atom. The zero-order valence-electron chi connectivity index (χ0n) is 12.9. The van der Waals surface area contributed by atoms with E-state index in [1.807, 2.05) is 35.4 Å². The van der Waals surface area contributed by atoms with Crippen LogP contribution in [0.15, 0.2) is 36.9 Å². The first-order valence-electron chi connectivity index (χ1n) is 8.16. The van der Waals surface area contributed by atoms with E-state index in [1.165, 1.54) is 25.7 Å². The zero-order valence-corrected chi connectivity index (χ0v) is 12.9. The molecule has 5 nitrogen and oxygen atoms in total. The second kappa shape index (κ2) is 5.88. The smallest absolute Gasteiger partial charge is 0.237 e. The van der Waals surface area contributed by atoms with Gasteiger partial charge in [0, 0.05) is 29.5 Å². The third-order valence-corrected chi connectivity index (χ3v) is 4.93. The van der Waals surface area contributed by atoms with E-state index in [2.05, 4.69) is 26.1 Å². The monoisotopic (exact) mass is 305 g/mol. The van der Waals surface area contributed by atoms with E-state index in [4.69, 9.17) is 6.57 Å². The highest BCUT2D eigenvalue weighted by molar-refractivity contribution is 5.92. The quantitative estimate of drug-likeness (QED) is 0.738. The van der Waals surface area contributed by atoms with Crippen LogP contribution < -0.4 is 0 Å². The fourth-order valence-corrected chi connectivity index (χ4v) is 3.76.